The number of anilines is 1. The smallest absolute Gasteiger partial charge is 0.247 e. The van der Waals surface area contributed by atoms with Crippen molar-refractivity contribution in [1.29, 1.82) is 0 Å². The van der Waals surface area contributed by atoms with Crippen molar-refractivity contribution in [3.05, 3.63) is 101 Å². The summed E-state index contributed by atoms with van der Waals surface area (Å²) in [6, 6.07) is 20.5. The van der Waals surface area contributed by atoms with E-state index >= 15 is 0 Å². The van der Waals surface area contributed by atoms with Gasteiger partial charge in [-0.25, -0.2) is 4.98 Å². The third kappa shape index (κ3) is 7.49. The van der Waals surface area contributed by atoms with E-state index in [9.17, 15) is 29.8 Å². The van der Waals surface area contributed by atoms with Crippen LogP contribution in [0.4, 0.5) is 5.69 Å². The molecule has 0 aliphatic carbocycles. The van der Waals surface area contributed by atoms with Crippen LogP contribution in [-0.4, -0.2) is 22.8 Å². The van der Waals surface area contributed by atoms with Gasteiger partial charge < -0.3 is 35.5 Å². The fourth-order valence-electron chi connectivity index (χ4n) is 2.04. The van der Waals surface area contributed by atoms with Crippen LogP contribution in [0.5, 0.6) is 0 Å². The third-order valence-corrected chi connectivity index (χ3v) is 3.36. The molecule has 0 saturated heterocycles. The molecule has 1 aromatic heterocycles. The molecule has 0 saturated carbocycles. The average molecular weight is 444 g/mol. The van der Waals surface area contributed by atoms with Crippen molar-refractivity contribution in [2.75, 3.05) is 5.06 Å². The maximum Gasteiger partial charge on any atom is 0.247 e. The molecular weight excluding hydrogens is 431 g/mol. The number of carboxylic acid groups (broad SMARTS) is 2. The van der Waals surface area contributed by atoms with E-state index in [-0.39, 0.29) is 24.0 Å². The number of aromatic nitrogens is 1. The number of pyridine rings is 1. The number of benzene rings is 2. The summed E-state index contributed by atoms with van der Waals surface area (Å²) in [5.41, 5.74) is -0.105. The van der Waals surface area contributed by atoms with Gasteiger partial charge in [0.2, 0.25) is 5.91 Å². The summed E-state index contributed by atoms with van der Waals surface area (Å²) in [6.45, 7) is 0. The maximum atomic E-state index is 11.8. The Labute approximate surface area is 183 Å². The van der Waals surface area contributed by atoms with Gasteiger partial charge in [-0.2, -0.15) is 0 Å². The first-order valence-corrected chi connectivity index (χ1v) is 7.91. The molecule has 0 bridgehead atoms. The first-order chi connectivity index (χ1) is 13.4. The number of aromatic carboxylic acids is 2. The van der Waals surface area contributed by atoms with Crippen molar-refractivity contribution in [3.63, 3.8) is 0 Å². The number of hydrogen-bond donors (Lipinski definition) is 0. The Balaban J connectivity index is 0.000000545. The van der Waals surface area contributed by atoms with Crippen LogP contribution in [-0.2, 0) is 24.0 Å². The van der Waals surface area contributed by atoms with Gasteiger partial charge in [0.15, 0.2) is 0 Å². The minimum absolute atomic E-state index is 0. The van der Waals surface area contributed by atoms with Crippen LogP contribution in [0.15, 0.2) is 78.9 Å². The molecule has 1 heterocycles. The number of para-hydroxylation sites is 1. The van der Waals surface area contributed by atoms with Crippen molar-refractivity contribution in [3.8, 4) is 0 Å². The van der Waals surface area contributed by atoms with Crippen LogP contribution in [0.25, 0.3) is 0 Å². The SMILES string of the molecule is O=C([O-])c1cccc(C(=O)[O-])n1.O=C(c1ccccc1)N([O-])c1ccccc1.[O-2].[V]. The van der Waals surface area contributed by atoms with E-state index in [0.717, 1.165) is 12.1 Å². The second-order valence-corrected chi connectivity index (χ2v) is 5.28. The average Bonchev–Trinajstić information content (AvgIpc) is 2.74. The summed E-state index contributed by atoms with van der Waals surface area (Å²) in [7, 11) is 0. The zero-order valence-corrected chi connectivity index (χ0v) is 16.6. The summed E-state index contributed by atoms with van der Waals surface area (Å²) < 4.78 is 0. The van der Waals surface area contributed by atoms with Crippen LogP contribution >= 0.6 is 0 Å². The fourth-order valence-corrected chi connectivity index (χ4v) is 2.04. The summed E-state index contributed by atoms with van der Waals surface area (Å²) in [4.78, 5) is 35.4. The quantitative estimate of drug-likeness (QED) is 0.529. The molecule has 9 nitrogen and oxygen atoms in total. The molecule has 0 atom stereocenters. The van der Waals surface area contributed by atoms with Gasteiger partial charge in [-0.3, -0.25) is 4.79 Å². The normalized spacial score (nSPS) is 8.97. The predicted molar refractivity (Wildman–Crippen MR) is 96.6 cm³/mol. The molecule has 155 valence electrons. The Morgan fingerprint density at radius 2 is 1.13 bits per heavy atom. The largest absolute Gasteiger partial charge is 2.00 e. The summed E-state index contributed by atoms with van der Waals surface area (Å²) in [6.07, 6.45) is 0. The van der Waals surface area contributed by atoms with Crippen molar-refractivity contribution < 1.29 is 48.6 Å². The number of nitrogens with zero attached hydrogens (tertiary/aromatic N) is 2. The molecule has 0 fully saturated rings. The topological polar surface area (TPSA) is 165 Å². The molecule has 3 aromatic rings. The van der Waals surface area contributed by atoms with Gasteiger partial charge >= 0.3 is 0 Å². The summed E-state index contributed by atoms with van der Waals surface area (Å²) >= 11 is 0. The van der Waals surface area contributed by atoms with Crippen molar-refractivity contribution in [1.82, 2.24) is 4.98 Å². The molecule has 0 N–H and O–H groups in total. The molecule has 0 spiro atoms. The first kappa shape index (κ1) is 26.5. The zero-order valence-electron chi connectivity index (χ0n) is 15.2. The Bertz CT molecular complexity index is 940. The van der Waals surface area contributed by atoms with E-state index in [2.05, 4.69) is 4.98 Å². The Morgan fingerprint density at radius 1 is 0.700 bits per heavy atom. The first-order valence-electron chi connectivity index (χ1n) is 7.91. The van der Waals surface area contributed by atoms with Crippen LogP contribution in [0.3, 0.4) is 0 Å². The number of hydrogen-bond acceptors (Lipinski definition) is 7. The molecule has 10 heteroatoms. The van der Waals surface area contributed by atoms with Gasteiger partial charge in [-0.05, 0) is 36.4 Å². The van der Waals surface area contributed by atoms with E-state index in [0.29, 0.717) is 16.3 Å². The zero-order chi connectivity index (χ0) is 20.5. The number of carbonyl (C=O) groups is 3. The number of rotatable bonds is 4. The van der Waals surface area contributed by atoms with E-state index < -0.39 is 29.2 Å². The molecule has 2 aromatic carbocycles. The van der Waals surface area contributed by atoms with E-state index in [1.807, 2.05) is 0 Å². The fraction of sp³-hybridized carbons (Fsp3) is 0. The van der Waals surface area contributed by atoms with Gasteiger partial charge in [-0.1, -0.05) is 42.5 Å². The molecular formula is C20H13N2O7V-5. The van der Waals surface area contributed by atoms with Crippen molar-refractivity contribution in [2.24, 2.45) is 0 Å². The van der Waals surface area contributed by atoms with E-state index in [1.54, 1.807) is 60.7 Å². The molecule has 30 heavy (non-hydrogen) atoms. The molecule has 1 amide bonds. The summed E-state index contributed by atoms with van der Waals surface area (Å²) in [5, 5.41) is 32.5. The maximum absolute atomic E-state index is 11.8. The molecule has 0 aliphatic rings. The van der Waals surface area contributed by atoms with Crippen LogP contribution < -0.4 is 15.3 Å². The Hall–Kier alpha value is -3.50. The standard InChI is InChI=1S/C13H10NO2.C7H5NO4.O.V/c15-13(11-7-3-1-4-8-11)14(16)12-9-5-2-6-10-12;9-6(10)4-2-1-3-5(8-4)7(11)12;;/h1-10H;1-3H,(H,9,10)(H,11,12);;/q-1;;-2;/p-2. The van der Waals surface area contributed by atoms with Gasteiger partial charge in [-0.15, -0.1) is 0 Å². The van der Waals surface area contributed by atoms with Crippen LogP contribution in [0.1, 0.15) is 31.3 Å². The number of carbonyl (C=O) groups excluding carboxylic acids is 3. The minimum Gasteiger partial charge on any atom is -2.00 e. The second kappa shape index (κ2) is 12.9. The van der Waals surface area contributed by atoms with Crippen LogP contribution in [0, 0.1) is 5.21 Å². The predicted octanol–water partition coefficient (Wildman–Crippen LogP) is 0.518. The minimum atomic E-state index is -1.52. The van der Waals surface area contributed by atoms with Crippen molar-refractivity contribution in [2.45, 2.75) is 0 Å². The molecule has 3 rings (SSSR count). The number of carboxylic acids is 2. The van der Waals surface area contributed by atoms with Gasteiger partial charge in [0, 0.05) is 29.8 Å². The van der Waals surface area contributed by atoms with Gasteiger partial charge in [0.1, 0.15) is 0 Å². The van der Waals surface area contributed by atoms with E-state index in [4.69, 9.17) is 0 Å². The Morgan fingerprint density at radius 3 is 1.57 bits per heavy atom. The number of hydroxylamine groups is 1. The summed E-state index contributed by atoms with van der Waals surface area (Å²) in [5.74, 6) is -3.58. The van der Waals surface area contributed by atoms with Crippen LogP contribution in [0.2, 0.25) is 0 Å². The monoisotopic (exact) mass is 444 g/mol. The van der Waals surface area contributed by atoms with Gasteiger partial charge in [0.05, 0.1) is 23.3 Å². The second-order valence-electron chi connectivity index (χ2n) is 5.28. The van der Waals surface area contributed by atoms with Gasteiger partial charge in [0.25, 0.3) is 0 Å². The Kier molecular flexibility index (Phi) is 11.4. The molecule has 1 radical (unpaired) electrons. The number of amides is 1. The van der Waals surface area contributed by atoms with E-state index in [1.165, 1.54) is 6.07 Å². The third-order valence-electron chi connectivity index (χ3n) is 3.36. The molecule has 0 aliphatic heterocycles. The van der Waals surface area contributed by atoms with Crippen molar-refractivity contribution >= 4 is 23.5 Å². The molecule has 0 unspecified atom stereocenters.